The minimum Gasteiger partial charge on any atom is -0.366 e. The smallest absolute Gasteiger partial charge is 0.249 e. The lowest BCUT2D eigenvalue weighted by Gasteiger charge is -2.13. The van der Waals surface area contributed by atoms with Gasteiger partial charge in [-0.3, -0.25) is 9.78 Å². The Hall–Kier alpha value is -2.94. The van der Waals surface area contributed by atoms with Gasteiger partial charge in [-0.1, -0.05) is 48.5 Å². The quantitative estimate of drug-likeness (QED) is 0.799. The fraction of sp³-hybridized carbons (Fsp3) is 0.0526. The number of carbonyl (C=O) groups is 1. The molecule has 0 aliphatic carbocycles. The van der Waals surface area contributed by atoms with Crippen LogP contribution in [0, 0.1) is 0 Å². The van der Waals surface area contributed by atoms with E-state index >= 15 is 0 Å². The molecule has 3 heteroatoms. The average molecular weight is 288 g/mol. The zero-order chi connectivity index (χ0) is 15.4. The largest absolute Gasteiger partial charge is 0.366 e. The van der Waals surface area contributed by atoms with Crippen molar-refractivity contribution in [1.29, 1.82) is 0 Å². The van der Waals surface area contributed by atoms with Crippen molar-refractivity contribution < 1.29 is 4.79 Å². The predicted octanol–water partition coefficient (Wildman–Crippen LogP) is 3.44. The van der Waals surface area contributed by atoms with E-state index in [1.54, 1.807) is 18.5 Å². The second kappa shape index (κ2) is 6.22. The first-order valence-corrected chi connectivity index (χ1v) is 7.12. The molecule has 0 saturated carbocycles. The highest BCUT2D eigenvalue weighted by molar-refractivity contribution is 5.96. The van der Waals surface area contributed by atoms with Gasteiger partial charge < -0.3 is 5.73 Å². The Bertz CT molecular complexity index is 783. The fourth-order valence-corrected chi connectivity index (χ4v) is 2.60. The Morgan fingerprint density at radius 1 is 0.955 bits per heavy atom. The molecule has 0 atom stereocenters. The van der Waals surface area contributed by atoms with Crippen molar-refractivity contribution in [3.63, 3.8) is 0 Å². The van der Waals surface area contributed by atoms with Crippen LogP contribution in [0.1, 0.15) is 21.5 Å². The van der Waals surface area contributed by atoms with Crippen molar-refractivity contribution in [3.8, 4) is 11.1 Å². The van der Waals surface area contributed by atoms with Gasteiger partial charge in [-0.15, -0.1) is 0 Å². The van der Waals surface area contributed by atoms with Gasteiger partial charge in [0.25, 0.3) is 0 Å². The summed E-state index contributed by atoms with van der Waals surface area (Å²) in [6.45, 7) is 0. The van der Waals surface area contributed by atoms with Crippen LogP contribution >= 0.6 is 0 Å². The molecule has 1 amide bonds. The molecule has 3 nitrogen and oxygen atoms in total. The standard InChI is InChI=1S/C19H16N2O/c20-19(22)17-10-4-9-16(15-8-5-11-21-13-15)18(17)12-14-6-2-1-3-7-14/h1-11,13H,12H2,(H2,20,22). The molecular formula is C19H16N2O. The minimum absolute atomic E-state index is 0.406. The zero-order valence-electron chi connectivity index (χ0n) is 12.1. The number of nitrogens with two attached hydrogens (primary N) is 1. The highest BCUT2D eigenvalue weighted by atomic mass is 16.1. The van der Waals surface area contributed by atoms with E-state index < -0.39 is 5.91 Å². The van der Waals surface area contributed by atoms with Crippen molar-refractivity contribution in [3.05, 3.63) is 89.7 Å². The Morgan fingerprint density at radius 2 is 1.77 bits per heavy atom. The number of rotatable bonds is 4. The highest BCUT2D eigenvalue weighted by Crippen LogP contribution is 2.28. The van der Waals surface area contributed by atoms with E-state index in [1.165, 1.54) is 0 Å². The lowest BCUT2D eigenvalue weighted by atomic mass is 9.91. The molecule has 3 aromatic rings. The van der Waals surface area contributed by atoms with E-state index in [0.717, 1.165) is 22.3 Å². The Morgan fingerprint density at radius 3 is 2.45 bits per heavy atom. The van der Waals surface area contributed by atoms with Gasteiger partial charge in [0, 0.05) is 23.5 Å². The van der Waals surface area contributed by atoms with E-state index in [-0.39, 0.29) is 0 Å². The number of hydrogen-bond donors (Lipinski definition) is 1. The van der Waals surface area contributed by atoms with Crippen LogP contribution in [0.15, 0.2) is 73.1 Å². The van der Waals surface area contributed by atoms with Gasteiger partial charge in [0.05, 0.1) is 0 Å². The van der Waals surface area contributed by atoms with Gasteiger partial charge in [-0.05, 0) is 35.2 Å². The molecule has 1 aromatic heterocycles. The van der Waals surface area contributed by atoms with Crippen molar-refractivity contribution in [2.75, 3.05) is 0 Å². The molecule has 2 aromatic carbocycles. The Labute approximate surface area is 129 Å². The normalized spacial score (nSPS) is 10.4. The van der Waals surface area contributed by atoms with E-state index in [4.69, 9.17) is 5.73 Å². The molecule has 0 bridgehead atoms. The van der Waals surface area contributed by atoms with Crippen molar-refractivity contribution in [1.82, 2.24) is 4.98 Å². The van der Waals surface area contributed by atoms with E-state index in [0.29, 0.717) is 12.0 Å². The number of nitrogens with zero attached hydrogens (tertiary/aromatic N) is 1. The molecule has 22 heavy (non-hydrogen) atoms. The van der Waals surface area contributed by atoms with E-state index in [9.17, 15) is 4.79 Å². The van der Waals surface area contributed by atoms with Gasteiger partial charge in [0.15, 0.2) is 0 Å². The second-order valence-corrected chi connectivity index (χ2v) is 5.10. The maximum absolute atomic E-state index is 11.8. The lowest BCUT2D eigenvalue weighted by molar-refractivity contribution is 0.0999. The average Bonchev–Trinajstić information content (AvgIpc) is 2.56. The molecule has 108 valence electrons. The topological polar surface area (TPSA) is 56.0 Å². The van der Waals surface area contributed by atoms with Crippen LogP contribution in [0.2, 0.25) is 0 Å². The second-order valence-electron chi connectivity index (χ2n) is 5.10. The SMILES string of the molecule is NC(=O)c1cccc(-c2cccnc2)c1Cc1ccccc1. The van der Waals surface area contributed by atoms with Crippen LogP contribution in [0.4, 0.5) is 0 Å². The number of primary amides is 1. The fourth-order valence-electron chi connectivity index (χ4n) is 2.60. The summed E-state index contributed by atoms with van der Waals surface area (Å²) < 4.78 is 0. The van der Waals surface area contributed by atoms with Crippen LogP contribution in [0.3, 0.4) is 0 Å². The van der Waals surface area contributed by atoms with Gasteiger partial charge >= 0.3 is 0 Å². The molecule has 2 N–H and O–H groups in total. The van der Waals surface area contributed by atoms with Crippen molar-refractivity contribution >= 4 is 5.91 Å². The molecule has 0 spiro atoms. The predicted molar refractivity (Wildman–Crippen MR) is 87.4 cm³/mol. The molecule has 0 radical (unpaired) electrons. The Kier molecular flexibility index (Phi) is 3.97. The third-order valence-electron chi connectivity index (χ3n) is 3.64. The molecule has 3 rings (SSSR count). The summed E-state index contributed by atoms with van der Waals surface area (Å²) in [4.78, 5) is 16.0. The molecule has 0 aliphatic heterocycles. The number of amides is 1. The summed E-state index contributed by atoms with van der Waals surface area (Å²) in [5.41, 5.74) is 10.2. The third kappa shape index (κ3) is 2.88. The molecule has 0 saturated heterocycles. The Balaban J connectivity index is 2.14. The summed E-state index contributed by atoms with van der Waals surface area (Å²) in [6.07, 6.45) is 4.19. The van der Waals surface area contributed by atoms with Crippen LogP contribution in [-0.4, -0.2) is 10.9 Å². The highest BCUT2D eigenvalue weighted by Gasteiger charge is 2.14. The number of pyridine rings is 1. The van der Waals surface area contributed by atoms with Gasteiger partial charge in [-0.25, -0.2) is 0 Å². The number of hydrogen-bond acceptors (Lipinski definition) is 2. The van der Waals surface area contributed by atoms with E-state index in [2.05, 4.69) is 4.98 Å². The number of aromatic nitrogens is 1. The lowest BCUT2D eigenvalue weighted by Crippen LogP contribution is -2.14. The third-order valence-corrected chi connectivity index (χ3v) is 3.64. The van der Waals surface area contributed by atoms with Gasteiger partial charge in [-0.2, -0.15) is 0 Å². The monoisotopic (exact) mass is 288 g/mol. The number of carbonyl (C=O) groups excluding carboxylic acids is 1. The first-order valence-electron chi connectivity index (χ1n) is 7.12. The molecule has 0 fully saturated rings. The summed E-state index contributed by atoms with van der Waals surface area (Å²) in [6, 6.07) is 19.6. The molecular weight excluding hydrogens is 272 g/mol. The maximum Gasteiger partial charge on any atom is 0.249 e. The first kappa shape index (κ1) is 14.0. The van der Waals surface area contributed by atoms with Crippen LogP contribution in [0.5, 0.6) is 0 Å². The zero-order valence-corrected chi connectivity index (χ0v) is 12.1. The molecule has 1 heterocycles. The van der Waals surface area contributed by atoms with E-state index in [1.807, 2.05) is 54.6 Å². The first-order chi connectivity index (χ1) is 10.8. The van der Waals surface area contributed by atoms with Crippen LogP contribution < -0.4 is 5.73 Å². The summed E-state index contributed by atoms with van der Waals surface area (Å²) in [7, 11) is 0. The van der Waals surface area contributed by atoms with Crippen molar-refractivity contribution in [2.45, 2.75) is 6.42 Å². The maximum atomic E-state index is 11.8. The summed E-state index contributed by atoms with van der Waals surface area (Å²) in [5.74, 6) is -0.406. The number of benzene rings is 2. The molecule has 0 unspecified atom stereocenters. The van der Waals surface area contributed by atoms with Crippen molar-refractivity contribution in [2.24, 2.45) is 5.73 Å². The van der Waals surface area contributed by atoms with Crippen LogP contribution in [0.25, 0.3) is 11.1 Å². The molecule has 0 aliphatic rings. The summed E-state index contributed by atoms with van der Waals surface area (Å²) in [5, 5.41) is 0. The van der Waals surface area contributed by atoms with Crippen LogP contribution in [-0.2, 0) is 6.42 Å². The minimum atomic E-state index is -0.406. The summed E-state index contributed by atoms with van der Waals surface area (Å²) >= 11 is 0. The van der Waals surface area contributed by atoms with Gasteiger partial charge in [0.1, 0.15) is 0 Å². The van der Waals surface area contributed by atoms with Gasteiger partial charge in [0.2, 0.25) is 5.91 Å².